The number of rotatable bonds is 8. The van der Waals surface area contributed by atoms with E-state index in [1.807, 2.05) is 43.3 Å². The average molecular weight is 380 g/mol. The van der Waals surface area contributed by atoms with Gasteiger partial charge in [0.2, 0.25) is 0 Å². The molecule has 0 N–H and O–H groups in total. The van der Waals surface area contributed by atoms with E-state index in [4.69, 9.17) is 9.47 Å². The van der Waals surface area contributed by atoms with Gasteiger partial charge >= 0.3 is 17.9 Å². The van der Waals surface area contributed by atoms with E-state index in [2.05, 4.69) is 6.58 Å². The summed E-state index contributed by atoms with van der Waals surface area (Å²) in [5, 5.41) is 0. The Bertz CT molecular complexity index is 787. The van der Waals surface area contributed by atoms with Crippen LogP contribution in [0.2, 0.25) is 0 Å². The van der Waals surface area contributed by atoms with Gasteiger partial charge in [-0.15, -0.1) is 0 Å². The van der Waals surface area contributed by atoms with Crippen LogP contribution in [0.5, 0.6) is 0 Å². The Hall–Kier alpha value is -3.21. The second-order valence-electron chi connectivity index (χ2n) is 6.46. The molecule has 0 spiro atoms. The fourth-order valence-corrected chi connectivity index (χ4v) is 2.70. The highest BCUT2D eigenvalue weighted by atomic mass is 16.6. The van der Waals surface area contributed by atoms with Crippen LogP contribution in [0.25, 0.3) is 0 Å². The van der Waals surface area contributed by atoms with Crippen molar-refractivity contribution in [2.45, 2.75) is 38.7 Å². The van der Waals surface area contributed by atoms with Gasteiger partial charge in [-0.2, -0.15) is 0 Å². The number of esters is 3. The van der Waals surface area contributed by atoms with Crippen molar-refractivity contribution in [3.8, 4) is 0 Å². The fraction of sp³-hybridized carbons (Fsp3) is 0.261. The van der Waals surface area contributed by atoms with Gasteiger partial charge < -0.3 is 9.47 Å². The van der Waals surface area contributed by atoms with E-state index >= 15 is 0 Å². The van der Waals surface area contributed by atoms with Crippen molar-refractivity contribution in [1.82, 2.24) is 0 Å². The van der Waals surface area contributed by atoms with Crippen LogP contribution in [0, 0.1) is 0 Å². The van der Waals surface area contributed by atoms with E-state index < -0.39 is 29.9 Å². The predicted molar refractivity (Wildman–Crippen MR) is 105 cm³/mol. The highest BCUT2D eigenvalue weighted by Gasteiger charge is 2.31. The molecule has 2 aromatic carbocycles. The molecule has 1 unspecified atom stereocenters. The molecule has 0 fully saturated rings. The minimum Gasteiger partial charge on any atom is -0.447 e. The van der Waals surface area contributed by atoms with Crippen molar-refractivity contribution < 1.29 is 23.9 Å². The van der Waals surface area contributed by atoms with E-state index in [1.165, 1.54) is 6.92 Å². The number of carbonyl (C=O) groups excluding carboxylic acids is 3. The Morgan fingerprint density at radius 1 is 0.893 bits per heavy atom. The van der Waals surface area contributed by atoms with Gasteiger partial charge in [-0.05, 0) is 24.5 Å². The molecule has 0 heterocycles. The lowest BCUT2D eigenvalue weighted by molar-refractivity contribution is -0.173. The van der Waals surface area contributed by atoms with Gasteiger partial charge in [-0.1, -0.05) is 80.6 Å². The second-order valence-corrected chi connectivity index (χ2v) is 6.46. The molecule has 0 amide bonds. The zero-order chi connectivity index (χ0) is 20.5. The summed E-state index contributed by atoms with van der Waals surface area (Å²) in [5.41, 5.74) is 1.58. The van der Waals surface area contributed by atoms with Crippen molar-refractivity contribution in [2.75, 3.05) is 0 Å². The Morgan fingerprint density at radius 3 is 1.82 bits per heavy atom. The molecule has 0 saturated heterocycles. The minimum absolute atomic E-state index is 0.173. The molecule has 2 rings (SSSR count). The lowest BCUT2D eigenvalue weighted by atomic mass is 9.91. The third kappa shape index (κ3) is 5.64. The molecule has 0 aliphatic heterocycles. The van der Waals surface area contributed by atoms with Crippen LogP contribution in [-0.2, 0) is 23.9 Å². The zero-order valence-corrected chi connectivity index (χ0v) is 16.1. The third-order valence-corrected chi connectivity index (χ3v) is 4.11. The van der Waals surface area contributed by atoms with E-state index in [1.54, 1.807) is 24.3 Å². The van der Waals surface area contributed by atoms with Crippen LogP contribution in [0.15, 0.2) is 72.8 Å². The number of hydrogen-bond acceptors (Lipinski definition) is 5. The molecule has 0 saturated carbocycles. The van der Waals surface area contributed by atoms with Gasteiger partial charge in [-0.25, -0.2) is 9.59 Å². The summed E-state index contributed by atoms with van der Waals surface area (Å²) in [7, 11) is 0. The molecule has 28 heavy (non-hydrogen) atoms. The van der Waals surface area contributed by atoms with Gasteiger partial charge in [0.05, 0.1) is 0 Å². The summed E-state index contributed by atoms with van der Waals surface area (Å²) in [5.74, 6) is -3.04. The lowest BCUT2D eigenvalue weighted by Crippen LogP contribution is -2.32. The summed E-state index contributed by atoms with van der Waals surface area (Å²) < 4.78 is 10.3. The SMILES string of the molecule is C=C(C)C(=O)OC(CCC)C(=O)OC(=O)C(c1ccccc1)c1ccccc1. The average Bonchev–Trinajstić information content (AvgIpc) is 2.69. The van der Waals surface area contributed by atoms with Crippen molar-refractivity contribution in [3.05, 3.63) is 83.9 Å². The van der Waals surface area contributed by atoms with Gasteiger partial charge in [0.15, 0.2) is 6.10 Å². The quantitative estimate of drug-likeness (QED) is 0.390. The first-order valence-electron chi connectivity index (χ1n) is 9.16. The second kappa shape index (κ2) is 10.2. The normalized spacial score (nSPS) is 11.5. The molecule has 5 nitrogen and oxygen atoms in total. The lowest BCUT2D eigenvalue weighted by Gasteiger charge is -2.19. The summed E-state index contributed by atoms with van der Waals surface area (Å²) in [6, 6.07) is 18.1. The van der Waals surface area contributed by atoms with Gasteiger partial charge in [0, 0.05) is 5.57 Å². The Labute approximate surface area is 165 Å². The molecule has 1 atom stereocenters. The topological polar surface area (TPSA) is 69.7 Å². The molecular formula is C23H24O5. The minimum atomic E-state index is -1.15. The summed E-state index contributed by atoms with van der Waals surface area (Å²) in [4.78, 5) is 37.2. The molecule has 0 radical (unpaired) electrons. The molecular weight excluding hydrogens is 356 g/mol. The van der Waals surface area contributed by atoms with E-state index in [0.29, 0.717) is 17.5 Å². The standard InChI is InChI=1S/C23H24O5/c1-4-11-19(27-21(24)16(2)3)22(25)28-23(26)20(17-12-7-5-8-13-17)18-14-9-6-10-15-18/h5-10,12-15,19-20H,2,4,11H2,1,3H3. The Balaban J connectivity index is 2.23. The molecule has 146 valence electrons. The smallest absolute Gasteiger partial charge is 0.355 e. The molecule has 0 aliphatic rings. The van der Waals surface area contributed by atoms with Crippen molar-refractivity contribution in [2.24, 2.45) is 0 Å². The van der Waals surface area contributed by atoms with Crippen LogP contribution >= 0.6 is 0 Å². The van der Waals surface area contributed by atoms with Crippen LogP contribution < -0.4 is 0 Å². The van der Waals surface area contributed by atoms with E-state index in [-0.39, 0.29) is 12.0 Å². The maximum absolute atomic E-state index is 12.9. The molecule has 0 bridgehead atoms. The summed E-state index contributed by atoms with van der Waals surface area (Å²) in [6.07, 6.45) is -0.310. The largest absolute Gasteiger partial charge is 0.447 e. The van der Waals surface area contributed by atoms with Crippen molar-refractivity contribution >= 4 is 17.9 Å². The van der Waals surface area contributed by atoms with Crippen molar-refractivity contribution in [3.63, 3.8) is 0 Å². The van der Waals surface area contributed by atoms with E-state index in [0.717, 1.165) is 0 Å². The summed E-state index contributed by atoms with van der Waals surface area (Å²) in [6.45, 7) is 6.83. The molecule has 0 aromatic heterocycles. The number of hydrogen-bond donors (Lipinski definition) is 0. The third-order valence-electron chi connectivity index (χ3n) is 4.11. The maximum Gasteiger partial charge on any atom is 0.355 e. The molecule has 2 aromatic rings. The van der Waals surface area contributed by atoms with Gasteiger partial charge in [0.25, 0.3) is 0 Å². The van der Waals surface area contributed by atoms with Crippen LogP contribution in [0.4, 0.5) is 0 Å². The highest BCUT2D eigenvalue weighted by Crippen LogP contribution is 2.26. The molecule has 5 heteroatoms. The number of ether oxygens (including phenoxy) is 2. The predicted octanol–water partition coefficient (Wildman–Crippen LogP) is 4.18. The van der Waals surface area contributed by atoms with Crippen molar-refractivity contribution in [1.29, 1.82) is 0 Å². The number of benzene rings is 2. The molecule has 0 aliphatic carbocycles. The summed E-state index contributed by atoms with van der Waals surface area (Å²) >= 11 is 0. The Kier molecular flexibility index (Phi) is 7.69. The van der Waals surface area contributed by atoms with Gasteiger partial charge in [-0.3, -0.25) is 4.79 Å². The monoisotopic (exact) mass is 380 g/mol. The first-order valence-corrected chi connectivity index (χ1v) is 9.16. The first kappa shape index (κ1) is 21.1. The van der Waals surface area contributed by atoms with Gasteiger partial charge in [0.1, 0.15) is 5.92 Å². The highest BCUT2D eigenvalue weighted by molar-refractivity contribution is 5.95. The number of carbonyl (C=O) groups is 3. The maximum atomic E-state index is 12.9. The van der Waals surface area contributed by atoms with Crippen LogP contribution in [0.1, 0.15) is 43.7 Å². The fourth-order valence-electron chi connectivity index (χ4n) is 2.70. The zero-order valence-electron chi connectivity index (χ0n) is 16.1. The van der Waals surface area contributed by atoms with Crippen LogP contribution in [0.3, 0.4) is 0 Å². The van der Waals surface area contributed by atoms with E-state index in [9.17, 15) is 14.4 Å². The first-order chi connectivity index (χ1) is 13.4. The van der Waals surface area contributed by atoms with Crippen LogP contribution in [-0.4, -0.2) is 24.0 Å². The Morgan fingerprint density at radius 2 is 1.39 bits per heavy atom.